The van der Waals surface area contributed by atoms with Crippen LogP contribution in [0.5, 0.6) is 0 Å². The van der Waals surface area contributed by atoms with Crippen molar-refractivity contribution in [3.8, 4) is 45.6 Å². The standard InChI is InChI=1S/C25H27N7O2.C24H24N6OS.C23H25N5O.C22H23N5O/c1-31-9-11-32(12-10-31)24(33)23-15-18-14-19(3-4-20(18)29-23)28-25-27-8-6-21(30-25)22-13-17(16-34-2)5-7-26-22;1-16-5-7-25-20(13-16)19-6-8-26-24(28-19)27-18-3-4-21-17(14-18)15-22(32-21)23(31)30-11-9-29(2)10-12-30;1-23(2,3)21-13-16-12-17(5-6-18(16)27-21)26-22-25-10-8-19(28-22)20-11-15(14-29-4)7-9-24-20;1-22(2,3)20-12-15-11-16(4-5-17(15)26-20)25-21-24-9-7-18(27-21)19-10-14(13-28)6-8-23-19/h3-8,13-15,29H,9-12,16H2,1-2H3,(H,27,28,30);3-8,13-15H,9-12H2,1-2H3,(H,26,27,28);5-13,27H,14H2,1-4H3,(H,25,26,28);4-12,26,28H,13H2,1-3H3,(H,24,25,27). The summed E-state index contributed by atoms with van der Waals surface area (Å²) in [6, 6.07) is 55.3. The molecule has 123 heavy (non-hydrogen) atoms. The van der Waals surface area contributed by atoms with Crippen LogP contribution in [0.1, 0.15) is 95.3 Å². The average molecular weight is 1660 g/mol. The molecule has 0 saturated carbocycles. The van der Waals surface area contributed by atoms with Gasteiger partial charge in [0.2, 0.25) is 23.8 Å². The minimum Gasteiger partial charge on any atom is -0.392 e. The first-order valence-corrected chi connectivity index (χ1v) is 41.5. The third-order valence-electron chi connectivity index (χ3n) is 20.9. The summed E-state index contributed by atoms with van der Waals surface area (Å²) in [5.41, 5.74) is 19.9. The van der Waals surface area contributed by atoms with Crippen LogP contribution in [0.2, 0.25) is 0 Å². The normalized spacial score (nSPS) is 13.2. The van der Waals surface area contributed by atoms with Gasteiger partial charge >= 0.3 is 0 Å². The second-order valence-corrected chi connectivity index (χ2v) is 33.5. The molecule has 28 nitrogen and oxygen atoms in total. The fourth-order valence-electron chi connectivity index (χ4n) is 14.0. The molecule has 2 amide bonds. The number of amides is 2. The molecule has 0 spiro atoms. The molecule has 16 aromatic rings. The van der Waals surface area contributed by atoms with Gasteiger partial charge in [0.05, 0.1) is 70.2 Å². The van der Waals surface area contributed by atoms with Crippen LogP contribution < -0.4 is 21.3 Å². The summed E-state index contributed by atoms with van der Waals surface area (Å²) in [6.07, 6.45) is 13.8. The fraction of sp³-hybridized carbons (Fsp3) is 0.255. The number of anilines is 8. The van der Waals surface area contributed by atoms with Crippen molar-refractivity contribution in [2.24, 2.45) is 0 Å². The number of thiophene rings is 1. The van der Waals surface area contributed by atoms with E-state index in [4.69, 9.17) is 9.47 Å². The van der Waals surface area contributed by atoms with E-state index in [9.17, 15) is 14.7 Å². The van der Waals surface area contributed by atoms with Crippen LogP contribution in [0.25, 0.3) is 88.3 Å². The van der Waals surface area contributed by atoms with Gasteiger partial charge in [0.15, 0.2) is 0 Å². The zero-order valence-electron chi connectivity index (χ0n) is 70.7. The molecule has 12 aromatic heterocycles. The van der Waals surface area contributed by atoms with Crippen LogP contribution >= 0.6 is 11.3 Å². The molecule has 626 valence electrons. The number of H-pyrrole nitrogens is 3. The highest BCUT2D eigenvalue weighted by Crippen LogP contribution is 2.35. The van der Waals surface area contributed by atoms with Crippen molar-refractivity contribution < 1.29 is 24.2 Å². The summed E-state index contributed by atoms with van der Waals surface area (Å²) >= 11 is 1.54. The summed E-state index contributed by atoms with van der Waals surface area (Å²) in [4.78, 5) is 98.6. The van der Waals surface area contributed by atoms with Gasteiger partial charge in [-0.25, -0.2) is 39.9 Å². The lowest BCUT2D eigenvalue weighted by Crippen LogP contribution is -2.47. The lowest BCUT2D eigenvalue weighted by Gasteiger charge is -2.32. The molecule has 2 aliphatic heterocycles. The summed E-state index contributed by atoms with van der Waals surface area (Å²) in [6.45, 7) is 22.9. The summed E-state index contributed by atoms with van der Waals surface area (Å²) in [7, 11) is 7.51. The first-order chi connectivity index (χ1) is 59.5. The molecule has 0 radical (unpaired) electrons. The Morgan fingerprint density at radius 2 is 0.748 bits per heavy atom. The number of piperazine rings is 2. The number of hydrogen-bond acceptors (Lipinski definition) is 24. The summed E-state index contributed by atoms with van der Waals surface area (Å²) < 4.78 is 11.5. The molecule has 14 heterocycles. The van der Waals surface area contributed by atoms with Gasteiger partial charge in [-0.05, 0) is 219 Å². The number of aliphatic hydroxyl groups excluding tert-OH is 1. The van der Waals surface area contributed by atoms with Crippen molar-refractivity contribution in [3.63, 3.8) is 0 Å². The number of nitrogens with zero attached hydrogens (tertiary/aromatic N) is 16. The number of ether oxygens (including phenoxy) is 2. The number of aromatic amines is 3. The zero-order valence-corrected chi connectivity index (χ0v) is 71.5. The van der Waals surface area contributed by atoms with E-state index in [0.717, 1.165) is 179 Å². The first-order valence-electron chi connectivity index (χ1n) is 40.6. The largest absolute Gasteiger partial charge is 0.392 e. The van der Waals surface area contributed by atoms with Crippen LogP contribution in [0, 0.1) is 6.92 Å². The number of likely N-dealkylation sites (N-methyl/N-ethyl adjacent to an activating group) is 2. The minimum atomic E-state index is -0.0288. The Kier molecular flexibility index (Phi) is 26.0. The van der Waals surface area contributed by atoms with Crippen LogP contribution in [0.3, 0.4) is 0 Å². The van der Waals surface area contributed by atoms with Gasteiger partial charge in [-0.2, -0.15) is 0 Å². The number of benzene rings is 4. The third-order valence-corrected chi connectivity index (χ3v) is 22.0. The Morgan fingerprint density at radius 3 is 1.15 bits per heavy atom. The minimum absolute atomic E-state index is 0.0288. The highest BCUT2D eigenvalue weighted by atomic mass is 32.1. The molecule has 2 fully saturated rings. The highest BCUT2D eigenvalue weighted by molar-refractivity contribution is 7.20. The molecule has 2 aliphatic rings. The first kappa shape index (κ1) is 84.3. The molecule has 4 aromatic carbocycles. The van der Waals surface area contributed by atoms with E-state index >= 15 is 0 Å². The van der Waals surface area contributed by atoms with Crippen LogP contribution in [0.15, 0.2) is 219 Å². The summed E-state index contributed by atoms with van der Waals surface area (Å²) in [5.74, 6) is 2.18. The monoisotopic (exact) mass is 1660 g/mol. The Bertz CT molecular complexity index is 6390. The fourth-order valence-corrected chi connectivity index (χ4v) is 15.0. The molecule has 0 bridgehead atoms. The third kappa shape index (κ3) is 21.6. The average Bonchev–Trinajstić information content (AvgIpc) is 1.67. The number of carbonyl (C=O) groups is 2. The molecule has 29 heteroatoms. The number of nitrogens with one attached hydrogen (secondary N) is 7. The van der Waals surface area contributed by atoms with E-state index in [1.54, 1.807) is 87.3 Å². The lowest BCUT2D eigenvalue weighted by molar-refractivity contribution is 0.0655. The predicted octanol–water partition coefficient (Wildman–Crippen LogP) is 17.3. The maximum atomic E-state index is 12.9. The van der Waals surface area contributed by atoms with Crippen LogP contribution in [0.4, 0.5) is 46.5 Å². The predicted molar refractivity (Wildman–Crippen MR) is 487 cm³/mol. The quantitative estimate of drug-likeness (QED) is 0.0373. The van der Waals surface area contributed by atoms with E-state index in [-0.39, 0.29) is 29.3 Å². The highest BCUT2D eigenvalue weighted by Gasteiger charge is 2.26. The van der Waals surface area contributed by atoms with Gasteiger partial charge in [-0.15, -0.1) is 11.3 Å². The number of hydrogen-bond donors (Lipinski definition) is 8. The topological polar surface area (TPSA) is 336 Å². The SMILES string of the molecule is CC(C)(C)c1cc2cc(Nc3nccc(-c4cc(CO)ccn4)n3)ccc2[nH]1.COCc1ccnc(-c2ccnc(Nc3ccc4[nH]c(C(=O)N5CCN(C)CC5)cc4c3)n2)c1.COCc1ccnc(-c2ccnc(Nc3ccc4[nH]c(C(C)(C)C)cc4c3)n2)c1.Cc1ccnc(-c2ccnc(Nc3ccc4sc(C(=O)N5CCN(C)CC5)cc4c3)n2)c1. The van der Waals surface area contributed by atoms with E-state index in [0.29, 0.717) is 54.1 Å². The van der Waals surface area contributed by atoms with Crippen LogP contribution in [-0.4, -0.2) is 192 Å². The number of fused-ring (bicyclic) bond motifs is 4. The van der Waals surface area contributed by atoms with Gasteiger partial charge in [-0.1, -0.05) is 41.5 Å². The van der Waals surface area contributed by atoms with Crippen molar-refractivity contribution in [3.05, 3.63) is 264 Å². The molecule has 8 N–H and O–H groups in total. The molecule has 0 aliphatic carbocycles. The van der Waals surface area contributed by atoms with E-state index in [2.05, 4.69) is 198 Å². The Hall–Kier alpha value is -13.7. The molecular weight excluding hydrogens is 1560 g/mol. The van der Waals surface area contributed by atoms with Gasteiger partial charge in [-0.3, -0.25) is 29.5 Å². The van der Waals surface area contributed by atoms with E-state index < -0.39 is 0 Å². The van der Waals surface area contributed by atoms with Gasteiger partial charge < -0.3 is 70.4 Å². The maximum absolute atomic E-state index is 12.9. The van der Waals surface area contributed by atoms with Gasteiger partial charge in [0.1, 0.15) is 5.69 Å². The van der Waals surface area contributed by atoms with E-state index in [1.807, 2.05) is 138 Å². The Balaban J connectivity index is 0.000000128. The smallest absolute Gasteiger partial charge is 0.270 e. The van der Waals surface area contributed by atoms with Gasteiger partial charge in [0, 0.05) is 199 Å². The van der Waals surface area contributed by atoms with Crippen molar-refractivity contribution in [1.82, 2.24) is 94.4 Å². The zero-order chi connectivity index (χ0) is 85.7. The molecule has 18 rings (SSSR count). The lowest BCUT2D eigenvalue weighted by atomic mass is 9.92. The Labute approximate surface area is 717 Å². The number of aryl methyl sites for hydroxylation is 1. The number of carbonyl (C=O) groups excluding carboxylic acids is 2. The van der Waals surface area contributed by atoms with Crippen molar-refractivity contribution >= 4 is 112 Å². The molecule has 0 atom stereocenters. The van der Waals surface area contributed by atoms with E-state index in [1.165, 1.54) is 11.4 Å². The Morgan fingerprint density at radius 1 is 0.390 bits per heavy atom. The van der Waals surface area contributed by atoms with Crippen LogP contribution in [-0.2, 0) is 40.1 Å². The molecular formula is C94H99N23O5S. The maximum Gasteiger partial charge on any atom is 0.270 e. The molecule has 0 unspecified atom stereocenters. The number of rotatable bonds is 19. The molecule has 2 saturated heterocycles. The second kappa shape index (κ2) is 37.9. The number of aliphatic hydroxyl groups is 1. The number of pyridine rings is 4. The van der Waals surface area contributed by atoms with Crippen molar-refractivity contribution in [1.29, 1.82) is 0 Å². The van der Waals surface area contributed by atoms with Crippen molar-refractivity contribution in [2.75, 3.05) is 102 Å². The second-order valence-electron chi connectivity index (χ2n) is 32.5. The number of aromatic nitrogens is 15. The summed E-state index contributed by atoms with van der Waals surface area (Å²) in [5, 5.41) is 26.7. The number of methoxy groups -OCH3 is 2. The van der Waals surface area contributed by atoms with Gasteiger partial charge in [0.25, 0.3) is 11.8 Å². The van der Waals surface area contributed by atoms with Crippen molar-refractivity contribution in [2.45, 2.75) is 79.1 Å².